The fourth-order valence-corrected chi connectivity index (χ4v) is 3.67. The molecule has 0 radical (unpaired) electrons. The van der Waals surface area contributed by atoms with Gasteiger partial charge in [0.1, 0.15) is 6.33 Å². The predicted octanol–water partition coefficient (Wildman–Crippen LogP) is 1.03. The molecule has 0 aliphatic carbocycles. The average molecular weight is 306 g/mol. The van der Waals surface area contributed by atoms with Crippen molar-refractivity contribution < 1.29 is 9.47 Å². The average Bonchev–Trinajstić information content (AvgIpc) is 2.99. The molecule has 0 aromatic carbocycles. The largest absolute Gasteiger partial charge is 0.481 e. The second-order valence-electron chi connectivity index (χ2n) is 6.14. The maximum Gasteiger partial charge on any atom is 0.220 e. The maximum absolute atomic E-state index is 5.49. The zero-order valence-corrected chi connectivity index (χ0v) is 13.6. The van der Waals surface area contributed by atoms with Crippen molar-refractivity contribution in [2.75, 3.05) is 46.5 Å². The Morgan fingerprint density at radius 1 is 1.32 bits per heavy atom. The minimum atomic E-state index is 0.643. The van der Waals surface area contributed by atoms with Crippen molar-refractivity contribution in [3.63, 3.8) is 0 Å². The minimum Gasteiger partial charge on any atom is -0.481 e. The molecule has 0 N–H and O–H groups in total. The molecular weight excluding hydrogens is 280 g/mol. The molecule has 2 saturated heterocycles. The molecule has 0 amide bonds. The van der Waals surface area contributed by atoms with E-state index in [2.05, 4.69) is 26.7 Å². The molecular formula is C16H26N4O2. The summed E-state index contributed by atoms with van der Waals surface area (Å²) in [6, 6.07) is 0.643. The van der Waals surface area contributed by atoms with E-state index in [0.29, 0.717) is 11.9 Å². The topological polar surface area (TPSA) is 50.7 Å². The van der Waals surface area contributed by atoms with Crippen LogP contribution in [0.3, 0.4) is 0 Å². The molecule has 2 fully saturated rings. The molecule has 2 unspecified atom stereocenters. The summed E-state index contributed by atoms with van der Waals surface area (Å²) in [6.07, 6.45) is 4.63. The van der Waals surface area contributed by atoms with Crippen LogP contribution in [-0.4, -0.2) is 72.3 Å². The molecule has 6 nitrogen and oxygen atoms in total. The van der Waals surface area contributed by atoms with Gasteiger partial charge in [-0.15, -0.1) is 0 Å². The number of likely N-dealkylation sites (tertiary alicyclic amines) is 1. The van der Waals surface area contributed by atoms with Gasteiger partial charge in [0.15, 0.2) is 0 Å². The lowest BCUT2D eigenvalue weighted by atomic mass is 9.99. The number of hydrogen-bond donors (Lipinski definition) is 0. The van der Waals surface area contributed by atoms with Crippen molar-refractivity contribution in [3.8, 4) is 5.88 Å². The van der Waals surface area contributed by atoms with Crippen LogP contribution in [0.25, 0.3) is 0 Å². The summed E-state index contributed by atoms with van der Waals surface area (Å²) in [6.45, 7) is 9.27. The monoisotopic (exact) mass is 306 g/mol. The van der Waals surface area contributed by atoms with Crippen LogP contribution in [-0.2, 0) is 11.3 Å². The molecule has 6 heteroatoms. The van der Waals surface area contributed by atoms with Gasteiger partial charge < -0.3 is 9.47 Å². The fraction of sp³-hybridized carbons (Fsp3) is 0.750. The van der Waals surface area contributed by atoms with Crippen molar-refractivity contribution in [1.82, 2.24) is 19.8 Å². The van der Waals surface area contributed by atoms with E-state index in [1.807, 2.05) is 6.20 Å². The van der Waals surface area contributed by atoms with Crippen molar-refractivity contribution >= 4 is 0 Å². The van der Waals surface area contributed by atoms with Crippen LogP contribution in [0.15, 0.2) is 12.5 Å². The Morgan fingerprint density at radius 3 is 2.86 bits per heavy atom. The summed E-state index contributed by atoms with van der Waals surface area (Å²) in [4.78, 5) is 13.5. The maximum atomic E-state index is 5.49. The van der Waals surface area contributed by atoms with Crippen LogP contribution in [0.2, 0.25) is 0 Å². The van der Waals surface area contributed by atoms with E-state index in [4.69, 9.17) is 9.47 Å². The molecule has 2 atom stereocenters. The second kappa shape index (κ2) is 7.35. The summed E-state index contributed by atoms with van der Waals surface area (Å²) in [5, 5.41) is 0. The Bertz CT molecular complexity index is 479. The molecule has 2 aliphatic rings. The normalized spacial score (nSPS) is 27.2. The summed E-state index contributed by atoms with van der Waals surface area (Å²) in [7, 11) is 1.67. The van der Waals surface area contributed by atoms with E-state index < -0.39 is 0 Å². The third-order valence-electron chi connectivity index (χ3n) is 4.86. The Morgan fingerprint density at radius 2 is 2.14 bits per heavy atom. The van der Waals surface area contributed by atoms with Crippen LogP contribution < -0.4 is 4.74 Å². The van der Waals surface area contributed by atoms with E-state index in [9.17, 15) is 0 Å². The highest BCUT2D eigenvalue weighted by Crippen LogP contribution is 2.27. The third kappa shape index (κ3) is 3.39. The molecule has 1 aromatic rings. The molecule has 0 spiro atoms. The van der Waals surface area contributed by atoms with E-state index >= 15 is 0 Å². The number of rotatable bonds is 5. The van der Waals surface area contributed by atoms with Crippen molar-refractivity contribution in [2.24, 2.45) is 5.92 Å². The smallest absolute Gasteiger partial charge is 0.220 e. The van der Waals surface area contributed by atoms with Gasteiger partial charge in [0.05, 0.1) is 20.3 Å². The first-order chi connectivity index (χ1) is 10.8. The SMILES string of the molecule is CCC1CN(Cc2cncnc2OC)CC1N1CCOCC1. The molecule has 3 heterocycles. The van der Waals surface area contributed by atoms with Crippen LogP contribution >= 0.6 is 0 Å². The molecule has 22 heavy (non-hydrogen) atoms. The van der Waals surface area contributed by atoms with E-state index in [1.165, 1.54) is 12.7 Å². The van der Waals surface area contributed by atoms with Crippen LogP contribution in [0.4, 0.5) is 0 Å². The second-order valence-corrected chi connectivity index (χ2v) is 6.14. The first kappa shape index (κ1) is 15.6. The lowest BCUT2D eigenvalue weighted by molar-refractivity contribution is 0.0101. The molecule has 1 aromatic heterocycles. The van der Waals surface area contributed by atoms with E-state index in [0.717, 1.165) is 57.4 Å². The van der Waals surface area contributed by atoms with Gasteiger partial charge in [-0.05, 0) is 5.92 Å². The molecule has 0 bridgehead atoms. The predicted molar refractivity (Wildman–Crippen MR) is 83.8 cm³/mol. The zero-order chi connectivity index (χ0) is 15.4. The van der Waals surface area contributed by atoms with Gasteiger partial charge in [0, 0.05) is 50.5 Å². The molecule has 122 valence electrons. The summed E-state index contributed by atoms with van der Waals surface area (Å²) in [5.41, 5.74) is 1.07. The van der Waals surface area contributed by atoms with Gasteiger partial charge in [-0.25, -0.2) is 9.97 Å². The Kier molecular flexibility index (Phi) is 5.23. The number of morpholine rings is 1. The van der Waals surface area contributed by atoms with E-state index in [-0.39, 0.29) is 0 Å². The Hall–Kier alpha value is -1.24. The summed E-state index contributed by atoms with van der Waals surface area (Å²) < 4.78 is 10.8. The number of ether oxygens (including phenoxy) is 2. The standard InChI is InChI=1S/C16H26N4O2/c1-3-13-9-19(10-14-8-17-12-18-16(14)21-2)11-15(13)20-4-6-22-7-5-20/h8,12-13,15H,3-7,9-11H2,1-2H3. The Balaban J connectivity index is 1.66. The number of nitrogens with zero attached hydrogens (tertiary/aromatic N) is 4. The number of methoxy groups -OCH3 is 1. The van der Waals surface area contributed by atoms with Gasteiger partial charge >= 0.3 is 0 Å². The lowest BCUT2D eigenvalue weighted by Gasteiger charge is -2.34. The van der Waals surface area contributed by atoms with Gasteiger partial charge in [0.25, 0.3) is 0 Å². The highest BCUT2D eigenvalue weighted by molar-refractivity contribution is 5.22. The minimum absolute atomic E-state index is 0.643. The van der Waals surface area contributed by atoms with Gasteiger partial charge in [0.2, 0.25) is 5.88 Å². The lowest BCUT2D eigenvalue weighted by Crippen LogP contribution is -2.47. The van der Waals surface area contributed by atoms with E-state index in [1.54, 1.807) is 7.11 Å². The Labute approximate surface area is 132 Å². The quantitative estimate of drug-likeness (QED) is 0.810. The molecule has 0 saturated carbocycles. The zero-order valence-electron chi connectivity index (χ0n) is 13.6. The third-order valence-corrected chi connectivity index (χ3v) is 4.86. The highest BCUT2D eigenvalue weighted by Gasteiger charge is 2.36. The van der Waals surface area contributed by atoms with Crippen LogP contribution in [0.5, 0.6) is 5.88 Å². The highest BCUT2D eigenvalue weighted by atomic mass is 16.5. The summed E-state index contributed by atoms with van der Waals surface area (Å²) in [5.74, 6) is 1.42. The van der Waals surface area contributed by atoms with Crippen molar-refractivity contribution in [3.05, 3.63) is 18.1 Å². The summed E-state index contributed by atoms with van der Waals surface area (Å²) >= 11 is 0. The number of aromatic nitrogens is 2. The van der Waals surface area contributed by atoms with Gasteiger partial charge in [-0.2, -0.15) is 0 Å². The first-order valence-corrected chi connectivity index (χ1v) is 8.18. The van der Waals surface area contributed by atoms with Gasteiger partial charge in [-0.3, -0.25) is 9.80 Å². The van der Waals surface area contributed by atoms with Crippen molar-refractivity contribution in [1.29, 1.82) is 0 Å². The fourth-order valence-electron chi connectivity index (χ4n) is 3.67. The first-order valence-electron chi connectivity index (χ1n) is 8.18. The molecule has 2 aliphatic heterocycles. The number of hydrogen-bond acceptors (Lipinski definition) is 6. The van der Waals surface area contributed by atoms with Crippen molar-refractivity contribution in [2.45, 2.75) is 25.9 Å². The molecule has 3 rings (SSSR count). The van der Waals surface area contributed by atoms with Crippen LogP contribution in [0, 0.1) is 5.92 Å². The van der Waals surface area contributed by atoms with Gasteiger partial charge in [-0.1, -0.05) is 13.3 Å². The van der Waals surface area contributed by atoms with Crippen LogP contribution in [0.1, 0.15) is 18.9 Å².